The second-order valence-corrected chi connectivity index (χ2v) is 9.66. The Morgan fingerprint density at radius 1 is 1.25 bits per heavy atom. The predicted molar refractivity (Wildman–Crippen MR) is 69.8 cm³/mol. The highest BCUT2D eigenvalue weighted by Crippen LogP contribution is 2.29. The number of allylic oxidation sites excluding steroid dienone is 1. The minimum absolute atomic E-state index is 0.290. The standard InChI is InChI=1S/C13H24O2Si/c1-5-16(6-2,7-3)15-10-12-8-11(4)9-13(12)14/h10-11H,5-9H2,1-4H3/b12-10+. The van der Waals surface area contributed by atoms with Crippen LogP contribution in [0.1, 0.15) is 40.5 Å². The molecule has 1 unspecified atom stereocenters. The summed E-state index contributed by atoms with van der Waals surface area (Å²) in [6.45, 7) is 8.74. The summed E-state index contributed by atoms with van der Waals surface area (Å²) in [5.74, 6) is 0.794. The molecular weight excluding hydrogens is 216 g/mol. The van der Waals surface area contributed by atoms with E-state index in [-0.39, 0.29) is 0 Å². The maximum Gasteiger partial charge on any atom is 0.249 e. The molecule has 1 aliphatic rings. The van der Waals surface area contributed by atoms with Crippen molar-refractivity contribution in [2.24, 2.45) is 5.92 Å². The Balaban J connectivity index is 2.67. The van der Waals surface area contributed by atoms with Gasteiger partial charge in [-0.05, 0) is 30.5 Å². The summed E-state index contributed by atoms with van der Waals surface area (Å²) < 4.78 is 6.04. The van der Waals surface area contributed by atoms with Gasteiger partial charge in [-0.25, -0.2) is 0 Å². The summed E-state index contributed by atoms with van der Waals surface area (Å²) in [6.07, 6.45) is 3.41. The Labute approximate surface area is 100 Å². The maximum atomic E-state index is 11.6. The van der Waals surface area contributed by atoms with Crippen molar-refractivity contribution in [3.63, 3.8) is 0 Å². The zero-order chi connectivity index (χ0) is 12.2. The Morgan fingerprint density at radius 3 is 2.19 bits per heavy atom. The van der Waals surface area contributed by atoms with E-state index in [2.05, 4.69) is 27.7 Å². The van der Waals surface area contributed by atoms with E-state index in [9.17, 15) is 4.79 Å². The van der Waals surface area contributed by atoms with Crippen molar-refractivity contribution in [1.29, 1.82) is 0 Å². The molecular formula is C13H24O2Si. The first kappa shape index (κ1) is 13.5. The number of ketones is 1. The van der Waals surface area contributed by atoms with Crippen LogP contribution in [0.4, 0.5) is 0 Å². The Hall–Kier alpha value is -0.573. The van der Waals surface area contributed by atoms with Crippen LogP contribution in [-0.2, 0) is 9.22 Å². The van der Waals surface area contributed by atoms with E-state index >= 15 is 0 Å². The number of hydrogen-bond acceptors (Lipinski definition) is 2. The Kier molecular flexibility index (Phi) is 4.78. The fraction of sp³-hybridized carbons (Fsp3) is 0.769. The molecule has 0 saturated heterocycles. The zero-order valence-corrected chi connectivity index (χ0v) is 12.0. The first-order valence-corrected chi connectivity index (χ1v) is 9.00. The van der Waals surface area contributed by atoms with Gasteiger partial charge in [-0.15, -0.1) is 0 Å². The molecule has 1 fully saturated rings. The van der Waals surface area contributed by atoms with Gasteiger partial charge in [-0.2, -0.15) is 0 Å². The third-order valence-corrected chi connectivity index (χ3v) is 8.33. The van der Waals surface area contributed by atoms with E-state index in [1.165, 1.54) is 0 Å². The van der Waals surface area contributed by atoms with Gasteiger partial charge in [0.05, 0.1) is 6.26 Å². The minimum atomic E-state index is -1.57. The molecule has 0 heterocycles. The van der Waals surface area contributed by atoms with Crippen LogP contribution in [0.25, 0.3) is 0 Å². The molecule has 1 aliphatic carbocycles. The molecule has 0 aliphatic heterocycles. The van der Waals surface area contributed by atoms with Crippen molar-refractivity contribution in [2.75, 3.05) is 0 Å². The third kappa shape index (κ3) is 2.97. The Bertz CT molecular complexity index is 271. The van der Waals surface area contributed by atoms with Crippen molar-refractivity contribution in [1.82, 2.24) is 0 Å². The molecule has 3 heteroatoms. The maximum absolute atomic E-state index is 11.6. The largest absolute Gasteiger partial charge is 0.549 e. The number of Topliss-reactive ketones (excluding diaryl/α,β-unsaturated/α-hetero) is 1. The molecule has 0 amide bonds. The van der Waals surface area contributed by atoms with Gasteiger partial charge in [-0.1, -0.05) is 27.7 Å². The molecule has 1 rings (SSSR count). The van der Waals surface area contributed by atoms with Crippen LogP contribution in [0.15, 0.2) is 11.8 Å². The van der Waals surface area contributed by atoms with Gasteiger partial charge in [0, 0.05) is 12.0 Å². The van der Waals surface area contributed by atoms with Crippen molar-refractivity contribution >= 4 is 14.1 Å². The predicted octanol–water partition coefficient (Wildman–Crippen LogP) is 3.89. The van der Waals surface area contributed by atoms with Crippen molar-refractivity contribution in [3.8, 4) is 0 Å². The number of rotatable bonds is 5. The van der Waals surface area contributed by atoms with Crippen molar-refractivity contribution in [3.05, 3.63) is 11.8 Å². The normalized spacial score (nSPS) is 24.1. The minimum Gasteiger partial charge on any atom is -0.549 e. The molecule has 0 bridgehead atoms. The molecule has 1 atom stereocenters. The zero-order valence-electron chi connectivity index (χ0n) is 11.0. The van der Waals surface area contributed by atoms with Gasteiger partial charge in [0.25, 0.3) is 0 Å². The quantitative estimate of drug-likeness (QED) is 0.414. The fourth-order valence-corrected chi connectivity index (χ4v) is 4.71. The number of hydrogen-bond donors (Lipinski definition) is 0. The molecule has 92 valence electrons. The lowest BCUT2D eigenvalue weighted by atomic mass is 10.1. The summed E-state index contributed by atoms with van der Waals surface area (Å²) in [5.41, 5.74) is 0.916. The van der Waals surface area contributed by atoms with Gasteiger partial charge in [0.2, 0.25) is 8.32 Å². The first-order chi connectivity index (χ1) is 7.56. The van der Waals surface area contributed by atoms with Gasteiger partial charge >= 0.3 is 0 Å². The summed E-state index contributed by atoms with van der Waals surface area (Å²) in [6, 6.07) is 3.40. The lowest BCUT2D eigenvalue weighted by Crippen LogP contribution is -2.33. The van der Waals surface area contributed by atoms with Gasteiger partial charge in [0.15, 0.2) is 5.78 Å². The smallest absolute Gasteiger partial charge is 0.249 e. The van der Waals surface area contributed by atoms with Crippen molar-refractivity contribution in [2.45, 2.75) is 58.7 Å². The summed E-state index contributed by atoms with van der Waals surface area (Å²) in [7, 11) is -1.57. The van der Waals surface area contributed by atoms with Gasteiger partial charge < -0.3 is 4.43 Å². The lowest BCUT2D eigenvalue weighted by Gasteiger charge is -2.26. The second kappa shape index (κ2) is 5.67. The van der Waals surface area contributed by atoms with Crippen LogP contribution in [0.3, 0.4) is 0 Å². The molecule has 0 spiro atoms. The fourth-order valence-electron chi connectivity index (χ4n) is 2.32. The molecule has 16 heavy (non-hydrogen) atoms. The van der Waals surface area contributed by atoms with Crippen LogP contribution >= 0.6 is 0 Å². The molecule has 0 aromatic carbocycles. The van der Waals surface area contributed by atoms with Crippen LogP contribution in [-0.4, -0.2) is 14.1 Å². The third-order valence-electron chi connectivity index (χ3n) is 3.84. The van der Waals surface area contributed by atoms with Crippen LogP contribution in [0.2, 0.25) is 18.1 Å². The highest BCUT2D eigenvalue weighted by Gasteiger charge is 2.31. The number of carbonyl (C=O) groups is 1. The SMILES string of the molecule is CC[Si](CC)(CC)O/C=C1\CC(C)CC1=O. The van der Waals surface area contributed by atoms with E-state index in [1.807, 2.05) is 0 Å². The topological polar surface area (TPSA) is 26.3 Å². The van der Waals surface area contributed by atoms with E-state index < -0.39 is 8.32 Å². The van der Waals surface area contributed by atoms with E-state index in [1.54, 1.807) is 6.26 Å². The van der Waals surface area contributed by atoms with Crippen LogP contribution in [0.5, 0.6) is 0 Å². The molecule has 0 radical (unpaired) electrons. The molecule has 0 aromatic rings. The first-order valence-electron chi connectivity index (χ1n) is 6.47. The monoisotopic (exact) mass is 240 g/mol. The second-order valence-electron chi connectivity index (χ2n) is 4.94. The molecule has 0 N–H and O–H groups in total. The lowest BCUT2D eigenvalue weighted by molar-refractivity contribution is -0.114. The average molecular weight is 240 g/mol. The van der Waals surface area contributed by atoms with Gasteiger partial charge in [-0.3, -0.25) is 4.79 Å². The van der Waals surface area contributed by atoms with Gasteiger partial charge in [0.1, 0.15) is 0 Å². The average Bonchev–Trinajstić information content (AvgIpc) is 2.60. The van der Waals surface area contributed by atoms with E-state index in [0.717, 1.165) is 30.1 Å². The highest BCUT2D eigenvalue weighted by atomic mass is 28.4. The molecule has 2 nitrogen and oxygen atoms in total. The molecule has 0 aromatic heterocycles. The van der Waals surface area contributed by atoms with Crippen molar-refractivity contribution < 1.29 is 9.22 Å². The van der Waals surface area contributed by atoms with E-state index in [0.29, 0.717) is 18.1 Å². The van der Waals surface area contributed by atoms with E-state index in [4.69, 9.17) is 4.43 Å². The Morgan fingerprint density at radius 2 is 1.81 bits per heavy atom. The van der Waals surface area contributed by atoms with Crippen LogP contribution < -0.4 is 0 Å². The number of carbonyl (C=O) groups excluding carboxylic acids is 1. The highest BCUT2D eigenvalue weighted by molar-refractivity contribution is 6.73. The molecule has 1 saturated carbocycles. The summed E-state index contributed by atoms with van der Waals surface area (Å²) >= 11 is 0. The summed E-state index contributed by atoms with van der Waals surface area (Å²) in [4.78, 5) is 11.6. The summed E-state index contributed by atoms with van der Waals surface area (Å²) in [5, 5.41) is 0. The van der Waals surface area contributed by atoms with Crippen LogP contribution in [0, 0.1) is 5.92 Å².